The van der Waals surface area contributed by atoms with Crippen LogP contribution in [0.25, 0.3) is 0 Å². The van der Waals surface area contributed by atoms with Crippen molar-refractivity contribution in [3.63, 3.8) is 0 Å². The Kier molecular flexibility index (Phi) is 3.52. The number of rotatable bonds is 4. The highest BCUT2D eigenvalue weighted by Crippen LogP contribution is 2.57. The molecular formula is C17H15BrO5. The molecule has 3 aliphatic rings. The molecule has 4 rings (SSSR count). The normalized spacial score (nSPS) is 33.6. The molecule has 1 aromatic carbocycles. The Morgan fingerprint density at radius 1 is 1.22 bits per heavy atom. The van der Waals surface area contributed by atoms with Crippen LogP contribution < -0.4 is 0 Å². The molecule has 2 saturated carbocycles. The van der Waals surface area contributed by atoms with Gasteiger partial charge in [-0.15, -0.1) is 0 Å². The Hall–Kier alpha value is -1.69. The van der Waals surface area contributed by atoms with Crippen LogP contribution in [0.2, 0.25) is 0 Å². The van der Waals surface area contributed by atoms with Gasteiger partial charge in [0.2, 0.25) is 0 Å². The lowest BCUT2D eigenvalue weighted by molar-refractivity contribution is -0.154. The van der Waals surface area contributed by atoms with Gasteiger partial charge in [-0.3, -0.25) is 14.4 Å². The summed E-state index contributed by atoms with van der Waals surface area (Å²) in [5.74, 6) is -1.46. The van der Waals surface area contributed by atoms with Crippen molar-refractivity contribution in [1.82, 2.24) is 0 Å². The average molecular weight is 379 g/mol. The van der Waals surface area contributed by atoms with Crippen LogP contribution in [-0.4, -0.2) is 30.4 Å². The fourth-order valence-electron chi connectivity index (χ4n) is 4.28. The molecule has 6 heteroatoms. The summed E-state index contributed by atoms with van der Waals surface area (Å²) in [5.41, 5.74) is 0.495. The quantitative estimate of drug-likeness (QED) is 0.594. The van der Waals surface area contributed by atoms with E-state index in [1.165, 1.54) is 0 Å². The van der Waals surface area contributed by atoms with E-state index in [9.17, 15) is 14.4 Å². The number of halogens is 1. The second-order valence-corrected chi connectivity index (χ2v) is 7.38. The molecule has 0 spiro atoms. The maximum Gasteiger partial charge on any atom is 0.310 e. The van der Waals surface area contributed by atoms with Gasteiger partial charge in [-0.2, -0.15) is 0 Å². The van der Waals surface area contributed by atoms with Crippen LogP contribution in [0.4, 0.5) is 0 Å². The number of esters is 2. The van der Waals surface area contributed by atoms with Gasteiger partial charge in [-0.25, -0.2) is 0 Å². The lowest BCUT2D eigenvalue weighted by Crippen LogP contribution is -2.34. The third kappa shape index (κ3) is 2.40. The molecule has 0 aromatic heterocycles. The third-order valence-electron chi connectivity index (χ3n) is 5.27. The zero-order chi connectivity index (χ0) is 16.1. The van der Waals surface area contributed by atoms with E-state index >= 15 is 0 Å². The average Bonchev–Trinajstić information content (AvgIpc) is 3.14. The predicted molar refractivity (Wildman–Crippen MR) is 82.5 cm³/mol. The minimum absolute atomic E-state index is 0.00838. The zero-order valence-electron chi connectivity index (χ0n) is 12.2. The van der Waals surface area contributed by atoms with Gasteiger partial charge in [0.25, 0.3) is 0 Å². The molecule has 3 fully saturated rings. The molecule has 2 bridgehead atoms. The molecule has 2 aliphatic carbocycles. The lowest BCUT2D eigenvalue weighted by Gasteiger charge is -2.22. The Morgan fingerprint density at radius 3 is 2.70 bits per heavy atom. The molecule has 0 N–H and O–H groups in total. The number of carbonyl (C=O) groups is 3. The summed E-state index contributed by atoms with van der Waals surface area (Å²) in [6.07, 6.45) is 1.58. The predicted octanol–water partition coefficient (Wildman–Crippen LogP) is 2.37. The molecule has 1 aliphatic heterocycles. The first-order valence-electron chi connectivity index (χ1n) is 7.70. The fraction of sp³-hybridized carbons (Fsp3) is 0.471. The number of hydrogen-bond donors (Lipinski definition) is 0. The van der Waals surface area contributed by atoms with Crippen molar-refractivity contribution in [2.45, 2.75) is 18.9 Å². The smallest absolute Gasteiger partial charge is 0.310 e. The van der Waals surface area contributed by atoms with E-state index in [1.54, 1.807) is 24.3 Å². The van der Waals surface area contributed by atoms with Crippen LogP contribution in [0.3, 0.4) is 0 Å². The first-order valence-corrected chi connectivity index (χ1v) is 8.50. The molecule has 0 radical (unpaired) electrons. The van der Waals surface area contributed by atoms with E-state index in [1.807, 2.05) is 0 Å². The summed E-state index contributed by atoms with van der Waals surface area (Å²) >= 11 is 3.30. The van der Waals surface area contributed by atoms with Gasteiger partial charge >= 0.3 is 11.9 Å². The van der Waals surface area contributed by atoms with Gasteiger partial charge in [0.05, 0.1) is 11.8 Å². The zero-order valence-corrected chi connectivity index (χ0v) is 13.8. The van der Waals surface area contributed by atoms with Crippen LogP contribution in [0, 0.1) is 23.7 Å². The van der Waals surface area contributed by atoms with E-state index in [2.05, 4.69) is 15.9 Å². The van der Waals surface area contributed by atoms with Crippen molar-refractivity contribution in [2.24, 2.45) is 23.7 Å². The Morgan fingerprint density at radius 2 is 1.96 bits per heavy atom. The van der Waals surface area contributed by atoms with Crippen molar-refractivity contribution in [3.05, 3.63) is 34.3 Å². The Labute approximate surface area is 141 Å². The second kappa shape index (κ2) is 5.44. The van der Waals surface area contributed by atoms with E-state index in [-0.39, 0.29) is 42.2 Å². The summed E-state index contributed by atoms with van der Waals surface area (Å²) in [6, 6.07) is 6.88. The second-order valence-electron chi connectivity index (χ2n) is 6.46. The first kappa shape index (κ1) is 14.9. The van der Waals surface area contributed by atoms with Crippen molar-refractivity contribution in [3.8, 4) is 0 Å². The van der Waals surface area contributed by atoms with E-state index < -0.39 is 11.9 Å². The summed E-state index contributed by atoms with van der Waals surface area (Å²) in [5, 5.41) is 0. The van der Waals surface area contributed by atoms with Gasteiger partial charge < -0.3 is 9.47 Å². The van der Waals surface area contributed by atoms with Crippen LogP contribution in [0.1, 0.15) is 23.2 Å². The van der Waals surface area contributed by atoms with Gasteiger partial charge in [0.15, 0.2) is 12.4 Å². The van der Waals surface area contributed by atoms with E-state index in [0.29, 0.717) is 5.56 Å². The van der Waals surface area contributed by atoms with Gasteiger partial charge in [0, 0.05) is 16.0 Å². The SMILES string of the molecule is O=C(COC(=O)[C@H]1[C@@H]2C[C@H]3[C@@H]1C(=O)O[C@@H]3C2)c1ccc(Br)cc1. The Bertz CT molecular complexity index is 681. The molecule has 120 valence electrons. The van der Waals surface area contributed by atoms with Gasteiger partial charge in [-0.1, -0.05) is 28.1 Å². The molecule has 1 heterocycles. The molecule has 23 heavy (non-hydrogen) atoms. The van der Waals surface area contributed by atoms with Crippen LogP contribution in [0.15, 0.2) is 28.7 Å². The fourth-order valence-corrected chi connectivity index (χ4v) is 4.54. The first-order chi connectivity index (χ1) is 11.0. The highest BCUT2D eigenvalue weighted by molar-refractivity contribution is 9.10. The molecule has 0 amide bonds. The summed E-state index contributed by atoms with van der Waals surface area (Å²) in [6.45, 7) is -0.292. The number of Topliss-reactive ketones (excluding diaryl/α,β-unsaturated/α-hetero) is 1. The van der Waals surface area contributed by atoms with Crippen LogP contribution in [0.5, 0.6) is 0 Å². The lowest BCUT2D eigenvalue weighted by atomic mass is 9.80. The maximum atomic E-state index is 12.4. The van der Waals surface area contributed by atoms with Crippen LogP contribution in [-0.2, 0) is 19.1 Å². The molecule has 1 aromatic rings. The van der Waals surface area contributed by atoms with E-state index in [4.69, 9.17) is 9.47 Å². The largest absolute Gasteiger partial charge is 0.462 e. The number of hydrogen-bond acceptors (Lipinski definition) is 5. The maximum absolute atomic E-state index is 12.4. The monoisotopic (exact) mass is 378 g/mol. The summed E-state index contributed by atoms with van der Waals surface area (Å²) in [7, 11) is 0. The Balaban J connectivity index is 1.40. The summed E-state index contributed by atoms with van der Waals surface area (Å²) in [4.78, 5) is 36.3. The van der Waals surface area contributed by atoms with Crippen molar-refractivity contribution >= 4 is 33.7 Å². The van der Waals surface area contributed by atoms with Crippen molar-refractivity contribution < 1.29 is 23.9 Å². The molecule has 5 nitrogen and oxygen atoms in total. The summed E-state index contributed by atoms with van der Waals surface area (Å²) < 4.78 is 11.4. The third-order valence-corrected chi connectivity index (χ3v) is 5.80. The number of fused-ring (bicyclic) bond motifs is 1. The van der Waals surface area contributed by atoms with Gasteiger partial charge in [-0.05, 0) is 30.9 Å². The molecule has 5 atom stereocenters. The highest BCUT2D eigenvalue weighted by Gasteiger charge is 2.64. The number of ether oxygens (including phenoxy) is 2. The minimum atomic E-state index is -0.441. The molecule has 0 unspecified atom stereocenters. The standard InChI is InChI=1S/C17H15BrO5/c18-10-3-1-8(2-4-10)12(19)7-22-16(20)14-9-5-11-13(6-9)23-17(21)15(11)14/h1-4,9,11,13-15H,5-7H2/t9-,11-,13-,14+,15+/m1/s1. The highest BCUT2D eigenvalue weighted by atomic mass is 79.9. The topological polar surface area (TPSA) is 69.7 Å². The minimum Gasteiger partial charge on any atom is -0.462 e. The number of ketones is 1. The molecule has 1 saturated heterocycles. The number of carbonyl (C=O) groups excluding carboxylic acids is 3. The van der Waals surface area contributed by atoms with Crippen molar-refractivity contribution in [2.75, 3.05) is 6.61 Å². The van der Waals surface area contributed by atoms with Gasteiger partial charge in [0.1, 0.15) is 6.10 Å². The molecular weight excluding hydrogens is 364 g/mol. The van der Waals surface area contributed by atoms with E-state index in [0.717, 1.165) is 17.3 Å². The van der Waals surface area contributed by atoms with Crippen molar-refractivity contribution in [1.29, 1.82) is 0 Å². The number of benzene rings is 1. The van der Waals surface area contributed by atoms with Crippen LogP contribution >= 0.6 is 15.9 Å².